The van der Waals surface area contributed by atoms with E-state index in [9.17, 15) is 19.5 Å². The summed E-state index contributed by atoms with van der Waals surface area (Å²) < 4.78 is 32.3. The number of fused-ring (bicyclic) bond motifs is 1. The molecule has 2 fully saturated rings. The van der Waals surface area contributed by atoms with Crippen molar-refractivity contribution in [3.8, 4) is 0 Å². The molecule has 1 amide bonds. The second-order valence-corrected chi connectivity index (χ2v) is 8.16. The van der Waals surface area contributed by atoms with Gasteiger partial charge in [0.15, 0.2) is 11.6 Å². The molecule has 174 valence electrons. The fourth-order valence-electron chi connectivity index (χ4n) is 4.04. The van der Waals surface area contributed by atoms with Gasteiger partial charge in [0, 0.05) is 31.4 Å². The van der Waals surface area contributed by atoms with Gasteiger partial charge >= 0.3 is 5.97 Å². The number of hydrogen-bond acceptors (Lipinski definition) is 6. The fraction of sp³-hybridized carbons (Fsp3) is 0.450. The monoisotopic (exact) mass is 471 g/mol. The lowest BCUT2D eigenvalue weighted by Crippen LogP contribution is -2.45. The molecule has 1 aliphatic carbocycles. The number of nitrogens with zero attached hydrogens (tertiary/aromatic N) is 2. The number of carbonyl (C=O) groups is 2. The van der Waals surface area contributed by atoms with Crippen molar-refractivity contribution in [2.45, 2.75) is 44.3 Å². The Kier molecular flexibility index (Phi) is 6.34. The van der Waals surface area contributed by atoms with Gasteiger partial charge in [-0.3, -0.25) is 9.59 Å². The maximum Gasteiger partial charge on any atom is 0.341 e. The number of nitrogens with two attached hydrogens (primary N) is 2. The van der Waals surface area contributed by atoms with Gasteiger partial charge in [-0.2, -0.15) is 0 Å². The average molecular weight is 472 g/mol. The molecule has 0 unspecified atom stereocenters. The molecule has 1 saturated heterocycles. The normalized spacial score (nSPS) is 19.0. The number of halogens is 3. The van der Waals surface area contributed by atoms with Gasteiger partial charge in [-0.05, 0) is 26.2 Å². The van der Waals surface area contributed by atoms with Crippen LogP contribution in [0.2, 0.25) is 0 Å². The van der Waals surface area contributed by atoms with E-state index in [1.807, 2.05) is 0 Å². The third kappa shape index (κ3) is 3.86. The Bertz CT molecular complexity index is 1170. The number of amides is 1. The van der Waals surface area contributed by atoms with Crippen LogP contribution in [0.4, 0.5) is 20.2 Å². The van der Waals surface area contributed by atoms with E-state index in [-0.39, 0.29) is 54.7 Å². The van der Waals surface area contributed by atoms with Gasteiger partial charge in [0.25, 0.3) is 0 Å². The summed E-state index contributed by atoms with van der Waals surface area (Å²) in [6.07, 6.45) is 2.91. The lowest BCUT2D eigenvalue weighted by molar-refractivity contribution is -0.122. The van der Waals surface area contributed by atoms with Crippen LogP contribution in [0.3, 0.4) is 0 Å². The molecule has 4 rings (SSSR count). The minimum Gasteiger partial charge on any atom is -0.477 e. The number of anilines is 2. The maximum atomic E-state index is 15.7. The van der Waals surface area contributed by atoms with E-state index in [2.05, 4.69) is 5.32 Å². The van der Waals surface area contributed by atoms with Crippen LogP contribution in [0.1, 0.15) is 42.6 Å². The van der Waals surface area contributed by atoms with Gasteiger partial charge in [0.1, 0.15) is 11.3 Å². The number of pyridine rings is 1. The number of benzene rings is 1. The van der Waals surface area contributed by atoms with Gasteiger partial charge in [-0.15, -0.1) is 12.4 Å². The highest BCUT2D eigenvalue weighted by molar-refractivity contribution is 5.99. The van der Waals surface area contributed by atoms with Gasteiger partial charge in [0.05, 0.1) is 22.6 Å². The average Bonchev–Trinajstić information content (AvgIpc) is 3.45. The number of aromatic carboxylic acids is 1. The Balaban J connectivity index is 0.00000289. The molecular formula is C20H24ClF2N5O4. The predicted molar refractivity (Wildman–Crippen MR) is 117 cm³/mol. The van der Waals surface area contributed by atoms with Crippen molar-refractivity contribution in [1.29, 1.82) is 0 Å². The van der Waals surface area contributed by atoms with Crippen LogP contribution < -0.4 is 27.1 Å². The molecule has 12 heteroatoms. The minimum atomic E-state index is -1.49. The van der Waals surface area contributed by atoms with Gasteiger partial charge in [-0.25, -0.2) is 13.6 Å². The quantitative estimate of drug-likeness (QED) is 0.482. The molecule has 1 aromatic carbocycles. The van der Waals surface area contributed by atoms with Crippen LogP contribution in [-0.2, 0) is 4.79 Å². The van der Waals surface area contributed by atoms with E-state index in [1.165, 1.54) is 16.4 Å². The lowest BCUT2D eigenvalue weighted by Gasteiger charge is -2.24. The van der Waals surface area contributed by atoms with Crippen molar-refractivity contribution in [3.05, 3.63) is 33.6 Å². The molecule has 9 nitrogen and oxygen atoms in total. The summed E-state index contributed by atoms with van der Waals surface area (Å²) >= 11 is 0. The number of nitrogens with one attached hydrogen (secondary N) is 1. The number of nitrogen functional groups attached to an aromatic ring is 1. The van der Waals surface area contributed by atoms with E-state index >= 15 is 8.78 Å². The molecule has 0 bridgehead atoms. The number of carboxylic acids is 1. The van der Waals surface area contributed by atoms with Gasteiger partial charge in [-0.1, -0.05) is 0 Å². The second-order valence-electron chi connectivity index (χ2n) is 8.16. The van der Waals surface area contributed by atoms with Crippen molar-refractivity contribution in [1.82, 2.24) is 9.88 Å². The zero-order chi connectivity index (χ0) is 22.6. The molecule has 2 atom stereocenters. The Morgan fingerprint density at radius 2 is 1.91 bits per heavy atom. The summed E-state index contributed by atoms with van der Waals surface area (Å²) in [6.45, 7) is 1.93. The third-order valence-corrected chi connectivity index (χ3v) is 5.80. The number of hydrogen-bond donors (Lipinski definition) is 4. The van der Waals surface area contributed by atoms with E-state index in [0.717, 1.165) is 6.20 Å². The first-order chi connectivity index (χ1) is 14.6. The summed E-state index contributed by atoms with van der Waals surface area (Å²) in [7, 11) is 0. The zero-order valence-corrected chi connectivity index (χ0v) is 18.0. The van der Waals surface area contributed by atoms with Crippen molar-refractivity contribution < 1.29 is 23.5 Å². The lowest BCUT2D eigenvalue weighted by atomic mass is 10.1. The highest BCUT2D eigenvalue weighted by Crippen LogP contribution is 2.42. The summed E-state index contributed by atoms with van der Waals surface area (Å²) in [5, 5.41) is 11.6. The van der Waals surface area contributed by atoms with Crippen molar-refractivity contribution in [2.75, 3.05) is 23.7 Å². The first kappa shape index (κ1) is 23.7. The highest BCUT2D eigenvalue weighted by Gasteiger charge is 2.35. The molecule has 32 heavy (non-hydrogen) atoms. The Morgan fingerprint density at radius 1 is 1.25 bits per heavy atom. The predicted octanol–water partition coefficient (Wildman–Crippen LogP) is 1.36. The summed E-state index contributed by atoms with van der Waals surface area (Å²) in [6, 6.07) is -1.26. The molecule has 1 aromatic heterocycles. The number of rotatable bonds is 5. The minimum absolute atomic E-state index is 0. The Labute approximate surface area is 187 Å². The van der Waals surface area contributed by atoms with Crippen molar-refractivity contribution in [2.24, 2.45) is 5.73 Å². The smallest absolute Gasteiger partial charge is 0.341 e. The van der Waals surface area contributed by atoms with Crippen LogP contribution in [0, 0.1) is 11.6 Å². The number of carboxylic acid groups (broad SMARTS) is 1. The molecule has 0 radical (unpaired) electrons. The molecule has 1 aliphatic heterocycles. The summed E-state index contributed by atoms with van der Waals surface area (Å²) in [5.74, 6) is -3.94. The Morgan fingerprint density at radius 3 is 2.47 bits per heavy atom. The van der Waals surface area contributed by atoms with Gasteiger partial charge < -0.3 is 31.4 Å². The topological polar surface area (TPSA) is 144 Å². The molecule has 2 aromatic rings. The molecule has 2 heterocycles. The largest absolute Gasteiger partial charge is 0.477 e. The number of aromatic nitrogens is 1. The highest BCUT2D eigenvalue weighted by atomic mass is 35.5. The van der Waals surface area contributed by atoms with E-state index in [4.69, 9.17) is 11.5 Å². The molecule has 1 saturated carbocycles. The maximum absolute atomic E-state index is 15.7. The summed E-state index contributed by atoms with van der Waals surface area (Å²) in [5.41, 5.74) is 8.68. The van der Waals surface area contributed by atoms with E-state index < -0.39 is 45.7 Å². The van der Waals surface area contributed by atoms with Crippen LogP contribution in [0.15, 0.2) is 11.0 Å². The summed E-state index contributed by atoms with van der Waals surface area (Å²) in [4.78, 5) is 37.5. The van der Waals surface area contributed by atoms with Gasteiger partial charge in [0.2, 0.25) is 11.3 Å². The van der Waals surface area contributed by atoms with E-state index in [1.54, 1.807) is 0 Å². The van der Waals surface area contributed by atoms with Crippen LogP contribution >= 0.6 is 12.4 Å². The molecule has 6 N–H and O–H groups in total. The van der Waals surface area contributed by atoms with Crippen LogP contribution in [-0.4, -0.2) is 46.7 Å². The molecular weight excluding hydrogens is 448 g/mol. The molecule has 0 spiro atoms. The third-order valence-electron chi connectivity index (χ3n) is 5.80. The first-order valence-electron chi connectivity index (χ1n) is 10.0. The molecule has 2 aliphatic rings. The first-order valence-corrected chi connectivity index (χ1v) is 10.0. The fourth-order valence-corrected chi connectivity index (χ4v) is 4.04. The van der Waals surface area contributed by atoms with E-state index in [0.29, 0.717) is 19.3 Å². The second kappa shape index (κ2) is 8.55. The van der Waals surface area contributed by atoms with Crippen LogP contribution in [0.5, 0.6) is 0 Å². The Hall–Kier alpha value is -2.92. The standard InChI is InChI=1S/C20H23F2N5O4.ClH/c1-8(23)19(29)25-9-4-5-26(6-9)17-13(21)15(24)12-16(14(17)22)27(10-2-3-10)7-11(18(12)28)20(30)31;/h7-10H,2-6,23-24H2,1H3,(H,25,29)(H,30,31);1H/t8-,9-;/m0./s1. The van der Waals surface area contributed by atoms with Crippen molar-refractivity contribution in [3.63, 3.8) is 0 Å². The zero-order valence-electron chi connectivity index (χ0n) is 17.2. The number of carbonyl (C=O) groups excluding carboxylic acids is 1. The van der Waals surface area contributed by atoms with Crippen molar-refractivity contribution >= 4 is 46.6 Å². The van der Waals surface area contributed by atoms with Crippen LogP contribution in [0.25, 0.3) is 10.9 Å². The SMILES string of the molecule is C[C@H](N)C(=O)N[C@H]1CCN(c2c(F)c(N)c3c(=O)c(C(=O)O)cn(C4CC4)c3c2F)C1.Cl.